The third-order valence-corrected chi connectivity index (χ3v) is 6.41. The number of rotatable bonds is 7. The van der Waals surface area contributed by atoms with Crippen molar-refractivity contribution in [3.05, 3.63) is 48.5 Å². The molecule has 7 heteroatoms. The van der Waals surface area contributed by atoms with Gasteiger partial charge in [-0.1, -0.05) is 32.4 Å². The predicted molar refractivity (Wildman–Crippen MR) is 126 cm³/mol. The van der Waals surface area contributed by atoms with Crippen molar-refractivity contribution in [3.8, 4) is 17.1 Å². The van der Waals surface area contributed by atoms with Crippen LogP contribution in [0.15, 0.2) is 48.5 Å². The molecule has 174 valence electrons. The highest BCUT2D eigenvalue weighted by Crippen LogP contribution is 2.36. The van der Waals surface area contributed by atoms with Gasteiger partial charge in [0.15, 0.2) is 5.60 Å². The van der Waals surface area contributed by atoms with Crippen molar-refractivity contribution < 1.29 is 19.4 Å². The number of hydrogen-bond donors (Lipinski definition) is 2. The smallest absolute Gasteiger partial charge is 0.330 e. The van der Waals surface area contributed by atoms with E-state index in [-0.39, 0.29) is 11.7 Å². The first-order valence-corrected chi connectivity index (χ1v) is 11.6. The van der Waals surface area contributed by atoms with Crippen molar-refractivity contribution >= 4 is 22.9 Å². The summed E-state index contributed by atoms with van der Waals surface area (Å²) in [6.07, 6.45) is 4.03. The Hall–Kier alpha value is -3.35. The molecule has 0 radical (unpaired) electrons. The summed E-state index contributed by atoms with van der Waals surface area (Å²) < 4.78 is 7.89. The molecule has 7 nitrogen and oxygen atoms in total. The maximum absolute atomic E-state index is 13.7. The Morgan fingerprint density at radius 2 is 1.76 bits per heavy atom. The molecule has 2 aromatic carbocycles. The Balaban J connectivity index is 1.82. The molecule has 1 atom stereocenters. The fourth-order valence-corrected chi connectivity index (χ4v) is 4.71. The lowest BCUT2D eigenvalue weighted by Gasteiger charge is -2.35. The van der Waals surface area contributed by atoms with E-state index in [2.05, 4.69) is 0 Å². The number of carbonyl (C=O) groups excluding carboxylic acids is 2. The molecule has 4 rings (SSSR count). The van der Waals surface area contributed by atoms with E-state index in [1.807, 2.05) is 42.7 Å². The molecular formula is C26H31N3O4. The first kappa shape index (κ1) is 22.8. The minimum absolute atomic E-state index is 0.153. The van der Waals surface area contributed by atoms with Gasteiger partial charge in [0, 0.05) is 5.56 Å². The Kier molecular flexibility index (Phi) is 6.40. The molecule has 1 amide bonds. The van der Waals surface area contributed by atoms with Crippen molar-refractivity contribution in [2.75, 3.05) is 0 Å². The molecule has 1 fully saturated rings. The van der Waals surface area contributed by atoms with Crippen LogP contribution >= 0.6 is 0 Å². The van der Waals surface area contributed by atoms with Gasteiger partial charge in [-0.25, -0.2) is 9.78 Å². The van der Waals surface area contributed by atoms with Crippen LogP contribution < -0.4 is 5.73 Å². The summed E-state index contributed by atoms with van der Waals surface area (Å²) >= 11 is 0. The topological polar surface area (TPSA) is 107 Å². The van der Waals surface area contributed by atoms with Crippen LogP contribution in [0.25, 0.3) is 22.4 Å². The van der Waals surface area contributed by atoms with Crippen LogP contribution in [-0.2, 0) is 14.3 Å². The van der Waals surface area contributed by atoms with Gasteiger partial charge < -0.3 is 20.1 Å². The van der Waals surface area contributed by atoms with Gasteiger partial charge in [-0.2, -0.15) is 0 Å². The number of phenolic OH excluding ortho intramolecular Hbond substituents is 1. The number of amides is 1. The zero-order valence-electron chi connectivity index (χ0n) is 19.2. The third kappa shape index (κ3) is 4.58. The zero-order valence-corrected chi connectivity index (χ0v) is 19.2. The van der Waals surface area contributed by atoms with Crippen LogP contribution in [-0.4, -0.2) is 32.1 Å². The van der Waals surface area contributed by atoms with E-state index in [4.69, 9.17) is 15.5 Å². The summed E-state index contributed by atoms with van der Waals surface area (Å²) in [6.45, 7) is 4.09. The molecule has 3 aromatic rings. The highest BCUT2D eigenvalue weighted by Gasteiger charge is 2.43. The Morgan fingerprint density at radius 3 is 2.39 bits per heavy atom. The van der Waals surface area contributed by atoms with Crippen molar-refractivity contribution in [2.45, 2.75) is 64.0 Å². The quantitative estimate of drug-likeness (QED) is 0.507. The second-order valence-electron chi connectivity index (χ2n) is 9.33. The minimum Gasteiger partial charge on any atom is -0.508 e. The number of carbonyl (C=O) groups is 2. The number of primary amides is 1. The van der Waals surface area contributed by atoms with Gasteiger partial charge in [0.2, 0.25) is 0 Å². The molecule has 0 aliphatic heterocycles. The van der Waals surface area contributed by atoms with E-state index in [1.54, 1.807) is 24.3 Å². The lowest BCUT2D eigenvalue weighted by molar-refractivity contribution is -0.174. The fraction of sp³-hybridized carbons (Fsp3) is 0.423. The van der Waals surface area contributed by atoms with E-state index in [0.29, 0.717) is 25.1 Å². The minimum atomic E-state index is -1.25. The van der Waals surface area contributed by atoms with E-state index >= 15 is 0 Å². The molecule has 1 aliphatic carbocycles. The molecule has 1 aromatic heterocycles. The summed E-state index contributed by atoms with van der Waals surface area (Å²) in [6, 6.07) is 13.7. The number of nitrogens with zero attached hydrogens (tertiary/aromatic N) is 2. The van der Waals surface area contributed by atoms with Crippen LogP contribution in [0.5, 0.6) is 5.75 Å². The second-order valence-corrected chi connectivity index (χ2v) is 9.33. The SMILES string of the molecule is CC(C)CC(C(=O)OC1(C(N)=O)CCCCC1)n1c(-c2ccc(O)cc2)nc2ccccc21. The van der Waals surface area contributed by atoms with Crippen molar-refractivity contribution in [2.24, 2.45) is 11.7 Å². The van der Waals surface area contributed by atoms with Gasteiger partial charge in [-0.15, -0.1) is 0 Å². The highest BCUT2D eigenvalue weighted by molar-refractivity contribution is 5.89. The normalized spacial score (nSPS) is 16.6. The number of para-hydroxylation sites is 2. The van der Waals surface area contributed by atoms with Crippen molar-refractivity contribution in [1.29, 1.82) is 0 Å². The number of phenols is 1. The van der Waals surface area contributed by atoms with Crippen LogP contribution in [0.2, 0.25) is 0 Å². The average molecular weight is 450 g/mol. The first-order valence-electron chi connectivity index (χ1n) is 11.6. The highest BCUT2D eigenvalue weighted by atomic mass is 16.6. The largest absolute Gasteiger partial charge is 0.508 e. The molecule has 33 heavy (non-hydrogen) atoms. The summed E-state index contributed by atoms with van der Waals surface area (Å²) in [4.78, 5) is 30.9. The summed E-state index contributed by atoms with van der Waals surface area (Å²) in [5.74, 6) is -0.0937. The van der Waals surface area contributed by atoms with Gasteiger partial charge in [0.1, 0.15) is 17.6 Å². The molecular weight excluding hydrogens is 418 g/mol. The second kappa shape index (κ2) is 9.25. The molecule has 1 aliphatic rings. The molecule has 0 bridgehead atoms. The van der Waals surface area contributed by atoms with Gasteiger partial charge in [0.05, 0.1) is 11.0 Å². The van der Waals surface area contributed by atoms with Gasteiger partial charge >= 0.3 is 5.97 Å². The number of aromatic nitrogens is 2. The number of imidazole rings is 1. The summed E-state index contributed by atoms with van der Waals surface area (Å²) in [5.41, 5.74) is 6.82. The predicted octanol–water partition coefficient (Wildman–Crippen LogP) is 4.73. The monoisotopic (exact) mass is 449 g/mol. The number of aromatic hydroxyl groups is 1. The van der Waals surface area contributed by atoms with E-state index < -0.39 is 23.5 Å². The summed E-state index contributed by atoms with van der Waals surface area (Å²) in [5, 5.41) is 9.75. The van der Waals surface area contributed by atoms with E-state index in [9.17, 15) is 14.7 Å². The van der Waals surface area contributed by atoms with Crippen LogP contribution in [0.1, 0.15) is 58.4 Å². The Labute approximate surface area is 193 Å². The van der Waals surface area contributed by atoms with Gasteiger partial charge in [-0.3, -0.25) is 4.79 Å². The van der Waals surface area contributed by atoms with Crippen LogP contribution in [0, 0.1) is 5.92 Å². The van der Waals surface area contributed by atoms with Crippen molar-refractivity contribution in [3.63, 3.8) is 0 Å². The van der Waals surface area contributed by atoms with Gasteiger partial charge in [0.25, 0.3) is 5.91 Å². The van der Waals surface area contributed by atoms with E-state index in [0.717, 1.165) is 35.9 Å². The van der Waals surface area contributed by atoms with Crippen LogP contribution in [0.3, 0.4) is 0 Å². The summed E-state index contributed by atoms with van der Waals surface area (Å²) in [7, 11) is 0. The van der Waals surface area contributed by atoms with Crippen LogP contribution in [0.4, 0.5) is 0 Å². The molecule has 0 spiro atoms. The maximum Gasteiger partial charge on any atom is 0.330 e. The zero-order chi connectivity index (χ0) is 23.6. The lowest BCUT2D eigenvalue weighted by Crippen LogP contribution is -2.50. The number of benzene rings is 2. The maximum atomic E-state index is 13.7. The number of ether oxygens (including phenoxy) is 1. The van der Waals surface area contributed by atoms with E-state index in [1.165, 1.54) is 0 Å². The number of nitrogens with two attached hydrogens (primary N) is 1. The van der Waals surface area contributed by atoms with Gasteiger partial charge in [-0.05, 0) is 74.4 Å². The Morgan fingerprint density at radius 1 is 1.09 bits per heavy atom. The Bertz CT molecular complexity index is 1140. The number of hydrogen-bond acceptors (Lipinski definition) is 5. The molecule has 1 saturated carbocycles. The lowest BCUT2D eigenvalue weighted by atomic mass is 9.84. The molecule has 1 heterocycles. The number of esters is 1. The third-order valence-electron chi connectivity index (χ3n) is 6.41. The molecule has 1 unspecified atom stereocenters. The fourth-order valence-electron chi connectivity index (χ4n) is 4.71. The number of fused-ring (bicyclic) bond motifs is 1. The first-order chi connectivity index (χ1) is 15.8. The molecule has 0 saturated heterocycles. The molecule has 3 N–H and O–H groups in total. The van der Waals surface area contributed by atoms with Crippen molar-refractivity contribution in [1.82, 2.24) is 9.55 Å². The standard InChI is InChI=1S/C26H31N3O4/c1-17(2)16-22(24(31)33-26(25(27)32)14-6-3-7-15-26)29-21-9-5-4-8-20(21)28-23(29)18-10-12-19(30)13-11-18/h4-5,8-13,17,22,30H,3,6-7,14-16H2,1-2H3,(H2,27,32). The average Bonchev–Trinajstić information content (AvgIpc) is 3.17.